The van der Waals surface area contributed by atoms with Gasteiger partial charge in [0, 0.05) is 45.8 Å². The van der Waals surface area contributed by atoms with Crippen LogP contribution >= 0.6 is 0 Å². The molecule has 0 spiro atoms. The molecule has 4 aromatic rings. The zero-order chi connectivity index (χ0) is 30.5. The molecule has 0 saturated carbocycles. The summed E-state index contributed by atoms with van der Waals surface area (Å²) in [5, 5.41) is 13.2. The largest absolute Gasteiger partial charge is 0.490 e. The lowest BCUT2D eigenvalue weighted by Crippen LogP contribution is -2.30. The third-order valence-electron chi connectivity index (χ3n) is 7.74. The molecule has 0 aliphatic carbocycles. The third kappa shape index (κ3) is 5.52. The summed E-state index contributed by atoms with van der Waals surface area (Å²) in [4.78, 5) is 33.2. The summed E-state index contributed by atoms with van der Waals surface area (Å²) in [7, 11) is 0. The number of para-hydroxylation sites is 1. The van der Waals surface area contributed by atoms with Gasteiger partial charge < -0.3 is 24.9 Å². The number of aliphatic imine (C=N–C) groups is 1. The van der Waals surface area contributed by atoms with Crippen molar-refractivity contribution in [1.29, 1.82) is 0 Å². The Morgan fingerprint density at radius 1 is 1.09 bits per heavy atom. The molecule has 1 aromatic heterocycles. The molecule has 8 heteroatoms. The van der Waals surface area contributed by atoms with E-state index in [4.69, 9.17) is 14.5 Å². The van der Waals surface area contributed by atoms with Gasteiger partial charge in [-0.15, -0.1) is 0 Å². The van der Waals surface area contributed by atoms with Gasteiger partial charge in [0.15, 0.2) is 11.5 Å². The number of aromatic nitrogens is 1. The lowest BCUT2D eigenvalue weighted by Gasteiger charge is -2.31. The minimum absolute atomic E-state index is 0.331. The van der Waals surface area contributed by atoms with Gasteiger partial charge in [-0.05, 0) is 82.5 Å². The lowest BCUT2D eigenvalue weighted by atomic mass is 9.80. The number of rotatable bonds is 7. The van der Waals surface area contributed by atoms with Gasteiger partial charge in [-0.1, -0.05) is 30.3 Å². The highest BCUT2D eigenvalue weighted by Gasteiger charge is 2.40. The number of hydrogen-bond acceptors (Lipinski definition) is 5. The molecule has 0 atom stereocenters. The van der Waals surface area contributed by atoms with Crippen LogP contribution in [0.25, 0.3) is 17.0 Å². The maximum atomic E-state index is 13.4. The number of aromatic amines is 1. The summed E-state index contributed by atoms with van der Waals surface area (Å²) in [6.45, 7) is 10.8. The van der Waals surface area contributed by atoms with E-state index >= 15 is 0 Å². The number of benzene rings is 3. The minimum Gasteiger partial charge on any atom is -0.490 e. The van der Waals surface area contributed by atoms with Gasteiger partial charge in [-0.25, -0.2) is 4.79 Å². The standard InChI is InChI=1S/C35H35N3O5/c1-6-42-28-17-23-18-34(2,3)38-31(30(23)24-19-35(4,5)43-32(24)28)22-12-11-20(13-14-29(39)40)26(16-22)37-33(41)27-15-21-9-7-8-10-25(21)36-27/h7-17,36H,6,18-19H2,1-5H3,(H,37,41)(H,39,40)/b14-13+. The van der Waals surface area contributed by atoms with Gasteiger partial charge in [-0.3, -0.25) is 9.79 Å². The van der Waals surface area contributed by atoms with Crippen molar-refractivity contribution in [2.75, 3.05) is 11.9 Å². The maximum Gasteiger partial charge on any atom is 0.328 e. The topological polar surface area (TPSA) is 113 Å². The van der Waals surface area contributed by atoms with Gasteiger partial charge in [0.2, 0.25) is 0 Å². The highest BCUT2D eigenvalue weighted by molar-refractivity contribution is 6.17. The van der Waals surface area contributed by atoms with Crippen LogP contribution in [0.5, 0.6) is 11.5 Å². The molecule has 0 bridgehead atoms. The number of anilines is 1. The predicted molar refractivity (Wildman–Crippen MR) is 169 cm³/mol. The summed E-state index contributed by atoms with van der Waals surface area (Å²) in [6.07, 6.45) is 3.99. The molecule has 0 radical (unpaired) electrons. The van der Waals surface area contributed by atoms with Gasteiger partial charge in [0.1, 0.15) is 11.3 Å². The van der Waals surface area contributed by atoms with Crippen LogP contribution in [-0.2, 0) is 17.6 Å². The van der Waals surface area contributed by atoms with Gasteiger partial charge >= 0.3 is 5.97 Å². The zero-order valence-corrected chi connectivity index (χ0v) is 25.0. The van der Waals surface area contributed by atoms with Gasteiger partial charge in [0.05, 0.1) is 17.9 Å². The normalized spacial score (nSPS) is 16.3. The number of amides is 1. The number of carboxylic acid groups (broad SMARTS) is 1. The van der Waals surface area contributed by atoms with E-state index < -0.39 is 11.6 Å². The Morgan fingerprint density at radius 2 is 1.88 bits per heavy atom. The highest BCUT2D eigenvalue weighted by Crippen LogP contribution is 2.48. The summed E-state index contributed by atoms with van der Waals surface area (Å²) in [5.41, 5.74) is 6.37. The molecule has 220 valence electrons. The Kier molecular flexibility index (Phi) is 6.87. The number of carbonyl (C=O) groups is 2. The number of H-pyrrole nitrogens is 1. The van der Waals surface area contributed by atoms with Crippen molar-refractivity contribution in [3.8, 4) is 11.5 Å². The van der Waals surface area contributed by atoms with E-state index in [9.17, 15) is 14.7 Å². The van der Waals surface area contributed by atoms with Crippen LogP contribution in [0.1, 0.15) is 72.9 Å². The van der Waals surface area contributed by atoms with Crippen LogP contribution in [0, 0.1) is 0 Å². The van der Waals surface area contributed by atoms with Crippen molar-refractivity contribution >= 4 is 40.3 Å². The smallest absolute Gasteiger partial charge is 0.328 e. The quantitative estimate of drug-likeness (QED) is 0.209. The molecule has 0 unspecified atom stereocenters. The predicted octanol–water partition coefficient (Wildman–Crippen LogP) is 6.80. The number of nitrogens with zero attached hydrogens (tertiary/aromatic N) is 1. The molecular formula is C35H35N3O5. The number of nitrogens with one attached hydrogen (secondary N) is 2. The Hall–Kier alpha value is -4.85. The monoisotopic (exact) mass is 577 g/mol. The molecule has 3 aromatic carbocycles. The molecule has 6 rings (SSSR count). The maximum absolute atomic E-state index is 13.4. The molecule has 43 heavy (non-hydrogen) atoms. The van der Waals surface area contributed by atoms with Crippen molar-refractivity contribution in [2.24, 2.45) is 4.99 Å². The van der Waals surface area contributed by atoms with E-state index in [0.29, 0.717) is 30.0 Å². The van der Waals surface area contributed by atoms with E-state index in [1.54, 1.807) is 6.07 Å². The molecule has 2 aliphatic heterocycles. The van der Waals surface area contributed by atoms with E-state index in [1.165, 1.54) is 6.08 Å². The van der Waals surface area contributed by atoms with E-state index in [-0.39, 0.29) is 11.4 Å². The molecule has 8 nitrogen and oxygen atoms in total. The Labute approximate surface area is 250 Å². The summed E-state index contributed by atoms with van der Waals surface area (Å²) in [6, 6.07) is 17.2. The molecule has 0 saturated heterocycles. The van der Waals surface area contributed by atoms with Crippen molar-refractivity contribution in [3.05, 3.63) is 94.2 Å². The average Bonchev–Trinajstić information content (AvgIpc) is 3.52. The zero-order valence-electron chi connectivity index (χ0n) is 25.0. The first-order chi connectivity index (χ1) is 20.4. The van der Waals surface area contributed by atoms with Crippen LogP contribution in [0.4, 0.5) is 5.69 Å². The Morgan fingerprint density at radius 3 is 2.63 bits per heavy atom. The first kappa shape index (κ1) is 28.3. The fourth-order valence-electron chi connectivity index (χ4n) is 6.04. The number of carboxylic acids is 1. The second-order valence-corrected chi connectivity index (χ2v) is 12.3. The second-order valence-electron chi connectivity index (χ2n) is 12.3. The van der Waals surface area contributed by atoms with Crippen LogP contribution in [-0.4, -0.2) is 45.4 Å². The number of carbonyl (C=O) groups excluding carboxylic acids is 1. The molecule has 0 fully saturated rings. The number of fused-ring (bicyclic) bond motifs is 4. The first-order valence-corrected chi connectivity index (χ1v) is 14.5. The summed E-state index contributed by atoms with van der Waals surface area (Å²) in [5.74, 6) is 0.0975. The molecular weight excluding hydrogens is 542 g/mol. The van der Waals surface area contributed by atoms with Gasteiger partial charge in [-0.2, -0.15) is 0 Å². The van der Waals surface area contributed by atoms with Crippen LogP contribution in [0.3, 0.4) is 0 Å². The van der Waals surface area contributed by atoms with Crippen molar-refractivity contribution in [3.63, 3.8) is 0 Å². The SMILES string of the molecule is CCOc1cc2c(c3c1OC(C)(C)C3)C(c1ccc(/C=C/C(=O)O)c(NC(=O)c3cc4ccccc4[nH]3)c1)=NC(C)(C)C2. The van der Waals surface area contributed by atoms with E-state index in [2.05, 4.69) is 44.1 Å². The first-order valence-electron chi connectivity index (χ1n) is 14.5. The Bertz CT molecular complexity index is 1810. The molecule has 1 amide bonds. The molecule has 2 aliphatic rings. The van der Waals surface area contributed by atoms with Crippen molar-refractivity contribution < 1.29 is 24.2 Å². The minimum atomic E-state index is -1.08. The average molecular weight is 578 g/mol. The van der Waals surface area contributed by atoms with Crippen LogP contribution in [0.2, 0.25) is 0 Å². The van der Waals surface area contributed by atoms with Crippen molar-refractivity contribution in [2.45, 2.75) is 58.6 Å². The summed E-state index contributed by atoms with van der Waals surface area (Å²) >= 11 is 0. The Balaban J connectivity index is 1.47. The number of hydrogen-bond donors (Lipinski definition) is 3. The molecule has 3 N–H and O–H groups in total. The van der Waals surface area contributed by atoms with E-state index in [0.717, 1.165) is 62.9 Å². The van der Waals surface area contributed by atoms with Crippen LogP contribution in [0.15, 0.2) is 65.7 Å². The number of aliphatic carboxylic acids is 1. The fraction of sp³-hybridized carbons (Fsp3) is 0.286. The highest BCUT2D eigenvalue weighted by atomic mass is 16.5. The van der Waals surface area contributed by atoms with Crippen LogP contribution < -0.4 is 14.8 Å². The number of ether oxygens (including phenoxy) is 2. The fourth-order valence-corrected chi connectivity index (χ4v) is 6.04. The van der Waals surface area contributed by atoms with Crippen molar-refractivity contribution in [1.82, 2.24) is 4.98 Å². The lowest BCUT2D eigenvalue weighted by molar-refractivity contribution is -0.131. The molecule has 3 heterocycles. The van der Waals surface area contributed by atoms with E-state index in [1.807, 2.05) is 49.4 Å². The summed E-state index contributed by atoms with van der Waals surface area (Å²) < 4.78 is 12.4. The third-order valence-corrected chi connectivity index (χ3v) is 7.74. The second kappa shape index (κ2) is 10.5. The van der Waals surface area contributed by atoms with Gasteiger partial charge in [0.25, 0.3) is 5.91 Å².